The van der Waals surface area contributed by atoms with Crippen molar-refractivity contribution in [2.75, 3.05) is 7.11 Å². The average molecular weight is 218 g/mol. The summed E-state index contributed by atoms with van der Waals surface area (Å²) in [5.41, 5.74) is -0.335. The first-order chi connectivity index (χ1) is 7.67. The molecule has 0 bridgehead atoms. The molecule has 0 radical (unpaired) electrons. The molecular weight excluding hydrogens is 210 g/mol. The fraction of sp³-hybridized carbons (Fsp3) is 0.0769. The van der Waals surface area contributed by atoms with Gasteiger partial charge in [-0.1, -0.05) is 5.92 Å². The lowest BCUT2D eigenvalue weighted by Gasteiger charge is -2.05. The van der Waals surface area contributed by atoms with Crippen molar-refractivity contribution in [3.63, 3.8) is 0 Å². The predicted octanol–water partition coefficient (Wildman–Crippen LogP) is 3.11. The van der Waals surface area contributed by atoms with Crippen molar-refractivity contribution in [3.8, 4) is 18.1 Å². The van der Waals surface area contributed by atoms with Crippen molar-refractivity contribution in [2.24, 2.45) is 0 Å². The van der Waals surface area contributed by atoms with Crippen LogP contribution in [-0.4, -0.2) is 7.11 Å². The molecular formula is C13H8F2O. The van der Waals surface area contributed by atoms with E-state index in [0.29, 0.717) is 11.1 Å². The molecule has 0 saturated heterocycles. The predicted molar refractivity (Wildman–Crippen MR) is 58.4 cm³/mol. The van der Waals surface area contributed by atoms with Crippen LogP contribution in [0.4, 0.5) is 8.78 Å². The van der Waals surface area contributed by atoms with Gasteiger partial charge in [-0.2, -0.15) is 0 Å². The van der Waals surface area contributed by atoms with Crippen molar-refractivity contribution in [1.82, 2.24) is 0 Å². The Morgan fingerprint density at radius 3 is 2.62 bits per heavy atom. The minimum absolute atomic E-state index is 0.287. The zero-order chi connectivity index (χ0) is 11.7. The van der Waals surface area contributed by atoms with E-state index in [-0.39, 0.29) is 10.9 Å². The van der Waals surface area contributed by atoms with Gasteiger partial charge in [-0.25, -0.2) is 8.78 Å². The lowest BCUT2D eigenvalue weighted by atomic mass is 10.1. The summed E-state index contributed by atoms with van der Waals surface area (Å²) < 4.78 is 32.1. The van der Waals surface area contributed by atoms with Gasteiger partial charge in [-0.3, -0.25) is 0 Å². The smallest absolute Gasteiger partial charge is 0.149 e. The number of hydrogen-bond acceptors (Lipinski definition) is 1. The number of terminal acetylenes is 1. The summed E-state index contributed by atoms with van der Waals surface area (Å²) in [5.74, 6) is 1.10. The fourth-order valence-electron chi connectivity index (χ4n) is 1.57. The molecule has 0 saturated carbocycles. The maximum Gasteiger partial charge on any atom is 0.149 e. The molecule has 16 heavy (non-hydrogen) atoms. The Morgan fingerprint density at radius 1 is 1.25 bits per heavy atom. The second-order valence-corrected chi connectivity index (χ2v) is 3.28. The molecule has 0 atom stereocenters. The van der Waals surface area contributed by atoms with Crippen LogP contribution in [0.2, 0.25) is 0 Å². The molecule has 0 fully saturated rings. The molecule has 80 valence electrons. The molecule has 3 heteroatoms. The monoisotopic (exact) mass is 218 g/mol. The van der Waals surface area contributed by atoms with Crippen LogP contribution in [-0.2, 0) is 0 Å². The minimum atomic E-state index is -0.735. The summed E-state index contributed by atoms with van der Waals surface area (Å²) in [6.07, 6.45) is 5.04. The molecule has 1 nitrogen and oxygen atoms in total. The number of benzene rings is 2. The molecule has 0 spiro atoms. The van der Waals surface area contributed by atoms with Gasteiger partial charge in [0.15, 0.2) is 0 Å². The van der Waals surface area contributed by atoms with E-state index < -0.39 is 11.6 Å². The fourth-order valence-corrected chi connectivity index (χ4v) is 1.57. The van der Waals surface area contributed by atoms with Crippen LogP contribution in [0, 0.1) is 24.0 Å². The molecule has 0 aromatic heterocycles. The quantitative estimate of drug-likeness (QED) is 0.668. The molecule has 0 unspecified atom stereocenters. The van der Waals surface area contributed by atoms with Gasteiger partial charge in [0.2, 0.25) is 0 Å². The van der Waals surface area contributed by atoms with Gasteiger partial charge in [0.1, 0.15) is 17.4 Å². The van der Waals surface area contributed by atoms with Crippen molar-refractivity contribution < 1.29 is 13.5 Å². The highest BCUT2D eigenvalue weighted by atomic mass is 19.1. The molecule has 2 aromatic rings. The van der Waals surface area contributed by atoms with Gasteiger partial charge in [0.25, 0.3) is 0 Å². The number of hydrogen-bond donors (Lipinski definition) is 0. The van der Waals surface area contributed by atoms with Gasteiger partial charge in [0, 0.05) is 5.39 Å². The van der Waals surface area contributed by atoms with E-state index in [9.17, 15) is 8.78 Å². The van der Waals surface area contributed by atoms with E-state index in [4.69, 9.17) is 11.2 Å². The maximum absolute atomic E-state index is 13.7. The zero-order valence-electron chi connectivity index (χ0n) is 8.55. The van der Waals surface area contributed by atoms with E-state index in [1.807, 2.05) is 5.92 Å². The van der Waals surface area contributed by atoms with Gasteiger partial charge in [0.05, 0.1) is 12.7 Å². The second kappa shape index (κ2) is 3.82. The Kier molecular flexibility index (Phi) is 2.49. The SMILES string of the molecule is C#Cc1c(F)cc2cc(OC)ccc2c1F. The van der Waals surface area contributed by atoms with E-state index in [1.54, 1.807) is 12.1 Å². The van der Waals surface area contributed by atoms with Crippen LogP contribution in [0.15, 0.2) is 24.3 Å². The first kappa shape index (κ1) is 10.4. The van der Waals surface area contributed by atoms with Crippen LogP contribution in [0.25, 0.3) is 10.8 Å². The number of halogens is 2. The van der Waals surface area contributed by atoms with E-state index in [0.717, 1.165) is 0 Å². The van der Waals surface area contributed by atoms with E-state index in [2.05, 4.69) is 0 Å². The number of fused-ring (bicyclic) bond motifs is 1. The third-order valence-corrected chi connectivity index (χ3v) is 2.38. The lowest BCUT2D eigenvalue weighted by Crippen LogP contribution is -1.92. The molecule has 0 N–H and O–H groups in total. The first-order valence-electron chi connectivity index (χ1n) is 4.59. The Hall–Kier alpha value is -2.08. The third kappa shape index (κ3) is 1.49. The molecule has 0 amide bonds. The second-order valence-electron chi connectivity index (χ2n) is 3.28. The molecule has 0 aliphatic heterocycles. The maximum atomic E-state index is 13.7. The normalized spacial score (nSPS) is 10.1. The van der Waals surface area contributed by atoms with Crippen molar-refractivity contribution in [2.45, 2.75) is 0 Å². The summed E-state index contributed by atoms with van der Waals surface area (Å²) in [6, 6.07) is 5.88. The highest BCUT2D eigenvalue weighted by Gasteiger charge is 2.12. The van der Waals surface area contributed by atoms with E-state index >= 15 is 0 Å². The summed E-state index contributed by atoms with van der Waals surface area (Å²) in [7, 11) is 1.49. The lowest BCUT2D eigenvalue weighted by molar-refractivity contribution is 0.415. The highest BCUT2D eigenvalue weighted by molar-refractivity contribution is 5.86. The Labute approximate surface area is 91.7 Å². The number of methoxy groups -OCH3 is 1. The average Bonchev–Trinajstić information content (AvgIpc) is 2.28. The van der Waals surface area contributed by atoms with Crippen molar-refractivity contribution in [3.05, 3.63) is 41.5 Å². The van der Waals surface area contributed by atoms with Gasteiger partial charge in [-0.15, -0.1) is 6.42 Å². The molecule has 2 rings (SSSR count). The zero-order valence-corrected chi connectivity index (χ0v) is 8.55. The first-order valence-corrected chi connectivity index (χ1v) is 4.59. The van der Waals surface area contributed by atoms with Crippen molar-refractivity contribution in [1.29, 1.82) is 0 Å². The van der Waals surface area contributed by atoms with Gasteiger partial charge in [-0.05, 0) is 29.7 Å². The summed E-state index contributed by atoms with van der Waals surface area (Å²) in [4.78, 5) is 0. The van der Waals surface area contributed by atoms with Crippen LogP contribution in [0.5, 0.6) is 5.75 Å². The summed E-state index contributed by atoms with van der Waals surface area (Å²) >= 11 is 0. The van der Waals surface area contributed by atoms with E-state index in [1.165, 1.54) is 19.2 Å². The van der Waals surface area contributed by atoms with Crippen LogP contribution in [0.1, 0.15) is 5.56 Å². The third-order valence-electron chi connectivity index (χ3n) is 2.38. The Balaban J connectivity index is 2.83. The standard InChI is InChI=1S/C13H8F2O/c1-3-10-12(14)7-8-6-9(16-2)4-5-11(8)13(10)15/h1,4-7H,2H3. The number of ether oxygens (including phenoxy) is 1. The largest absolute Gasteiger partial charge is 0.497 e. The van der Waals surface area contributed by atoms with Crippen LogP contribution >= 0.6 is 0 Å². The summed E-state index contributed by atoms with van der Waals surface area (Å²) in [6.45, 7) is 0. The highest BCUT2D eigenvalue weighted by Crippen LogP contribution is 2.26. The number of rotatable bonds is 1. The van der Waals surface area contributed by atoms with Crippen molar-refractivity contribution >= 4 is 10.8 Å². The molecule has 0 aliphatic rings. The van der Waals surface area contributed by atoms with Gasteiger partial charge < -0.3 is 4.74 Å². The Bertz CT molecular complexity index is 597. The minimum Gasteiger partial charge on any atom is -0.497 e. The molecule has 2 aromatic carbocycles. The van der Waals surface area contributed by atoms with Crippen LogP contribution in [0.3, 0.4) is 0 Å². The Morgan fingerprint density at radius 2 is 2.00 bits per heavy atom. The van der Waals surface area contributed by atoms with Crippen LogP contribution < -0.4 is 4.74 Å². The molecule has 0 aliphatic carbocycles. The molecule has 0 heterocycles. The topological polar surface area (TPSA) is 9.23 Å². The summed E-state index contributed by atoms with van der Waals surface area (Å²) in [5, 5.41) is 0.712. The van der Waals surface area contributed by atoms with Gasteiger partial charge >= 0.3 is 0 Å².